The van der Waals surface area contributed by atoms with Gasteiger partial charge in [0.1, 0.15) is 11.5 Å². The van der Waals surface area contributed by atoms with Crippen molar-refractivity contribution in [1.82, 2.24) is 0 Å². The lowest BCUT2D eigenvalue weighted by atomic mass is 10.1. The van der Waals surface area contributed by atoms with Crippen molar-refractivity contribution in [3.63, 3.8) is 0 Å². The van der Waals surface area contributed by atoms with Crippen LogP contribution in [0, 0.1) is 20.8 Å². The first-order valence-electron chi connectivity index (χ1n) is 6.17. The summed E-state index contributed by atoms with van der Waals surface area (Å²) < 4.78 is 5.36. The number of rotatable bonds is 3. The monoisotopic (exact) mass is 255 g/mol. The molecule has 3 heteroatoms. The largest absolute Gasteiger partial charge is 0.462 e. The maximum Gasteiger partial charge on any atom is 0.248 e. The van der Waals surface area contributed by atoms with Gasteiger partial charge in [0.05, 0.1) is 0 Å². The molecule has 2 aromatic rings. The van der Waals surface area contributed by atoms with Gasteiger partial charge in [0, 0.05) is 11.8 Å². The van der Waals surface area contributed by atoms with Gasteiger partial charge in [-0.25, -0.2) is 0 Å². The number of benzene rings is 1. The summed E-state index contributed by atoms with van der Waals surface area (Å²) in [6.07, 6.45) is 3.13. The van der Waals surface area contributed by atoms with E-state index in [1.165, 1.54) is 6.08 Å². The summed E-state index contributed by atoms with van der Waals surface area (Å²) in [6.45, 7) is 5.88. The number of aryl methyl sites for hydroxylation is 3. The van der Waals surface area contributed by atoms with Gasteiger partial charge in [0.25, 0.3) is 0 Å². The second-order valence-electron chi connectivity index (χ2n) is 4.65. The maximum atomic E-state index is 11.8. The van der Waals surface area contributed by atoms with Crippen LogP contribution in [0.5, 0.6) is 0 Å². The number of hydrogen-bond donors (Lipinski definition) is 1. The third-order valence-electron chi connectivity index (χ3n) is 2.65. The molecule has 1 amide bonds. The molecule has 0 aliphatic rings. The molecule has 2 rings (SSSR count). The van der Waals surface area contributed by atoms with Gasteiger partial charge in [-0.15, -0.1) is 0 Å². The summed E-state index contributed by atoms with van der Waals surface area (Å²) >= 11 is 0. The van der Waals surface area contributed by atoms with Crippen molar-refractivity contribution in [3.8, 4) is 0 Å². The van der Waals surface area contributed by atoms with Crippen molar-refractivity contribution < 1.29 is 9.21 Å². The van der Waals surface area contributed by atoms with Crippen molar-refractivity contribution in [1.29, 1.82) is 0 Å². The number of hydrogen-bond acceptors (Lipinski definition) is 2. The molecule has 0 aliphatic carbocycles. The molecule has 19 heavy (non-hydrogen) atoms. The zero-order valence-corrected chi connectivity index (χ0v) is 11.4. The Hall–Kier alpha value is -2.29. The Morgan fingerprint density at radius 3 is 2.37 bits per heavy atom. The van der Waals surface area contributed by atoms with Crippen LogP contribution in [0.2, 0.25) is 0 Å². The SMILES string of the molecule is Cc1cc(C)cc(NC(=O)/C=C/c2ccc(C)o2)c1. The minimum atomic E-state index is -0.168. The van der Waals surface area contributed by atoms with Gasteiger partial charge in [-0.05, 0) is 62.2 Å². The fourth-order valence-corrected chi connectivity index (χ4v) is 1.93. The van der Waals surface area contributed by atoms with Crippen molar-refractivity contribution >= 4 is 17.7 Å². The lowest BCUT2D eigenvalue weighted by Crippen LogP contribution is -2.07. The number of anilines is 1. The molecule has 0 radical (unpaired) electrons. The zero-order chi connectivity index (χ0) is 13.8. The quantitative estimate of drug-likeness (QED) is 0.846. The van der Waals surface area contributed by atoms with E-state index in [1.807, 2.05) is 45.0 Å². The molecule has 1 aromatic carbocycles. The number of carbonyl (C=O) groups is 1. The van der Waals surface area contributed by atoms with Gasteiger partial charge in [-0.2, -0.15) is 0 Å². The summed E-state index contributed by atoms with van der Waals surface area (Å²) in [4.78, 5) is 11.8. The topological polar surface area (TPSA) is 42.2 Å². The Balaban J connectivity index is 2.03. The van der Waals surface area contributed by atoms with E-state index in [1.54, 1.807) is 6.08 Å². The third-order valence-corrected chi connectivity index (χ3v) is 2.65. The van der Waals surface area contributed by atoms with Crippen molar-refractivity contribution in [2.24, 2.45) is 0 Å². The zero-order valence-electron chi connectivity index (χ0n) is 11.4. The Kier molecular flexibility index (Phi) is 3.85. The van der Waals surface area contributed by atoms with Crippen LogP contribution in [0.3, 0.4) is 0 Å². The molecule has 0 fully saturated rings. The van der Waals surface area contributed by atoms with Crippen molar-refractivity contribution in [2.45, 2.75) is 20.8 Å². The number of furan rings is 1. The maximum absolute atomic E-state index is 11.8. The third kappa shape index (κ3) is 3.85. The minimum absolute atomic E-state index is 0.168. The van der Waals surface area contributed by atoms with Crippen LogP contribution in [0.25, 0.3) is 6.08 Å². The number of carbonyl (C=O) groups excluding carboxylic acids is 1. The highest BCUT2D eigenvalue weighted by Gasteiger charge is 2.00. The Labute approximate surface area is 112 Å². The second kappa shape index (κ2) is 5.57. The normalized spacial score (nSPS) is 10.9. The summed E-state index contributed by atoms with van der Waals surface area (Å²) in [5, 5.41) is 2.83. The fraction of sp³-hybridized carbons (Fsp3) is 0.188. The molecule has 3 nitrogen and oxygen atoms in total. The fourth-order valence-electron chi connectivity index (χ4n) is 1.93. The molecule has 0 saturated carbocycles. The average molecular weight is 255 g/mol. The smallest absolute Gasteiger partial charge is 0.248 e. The highest BCUT2D eigenvalue weighted by atomic mass is 16.3. The lowest BCUT2D eigenvalue weighted by molar-refractivity contribution is -0.111. The van der Waals surface area contributed by atoms with Crippen LogP contribution in [0.15, 0.2) is 40.8 Å². The molecule has 1 aromatic heterocycles. The van der Waals surface area contributed by atoms with Crippen LogP contribution in [0.4, 0.5) is 5.69 Å². The van der Waals surface area contributed by atoms with Crippen LogP contribution >= 0.6 is 0 Å². The van der Waals surface area contributed by atoms with Crippen LogP contribution < -0.4 is 5.32 Å². The number of nitrogens with one attached hydrogen (secondary N) is 1. The molecule has 0 saturated heterocycles. The van der Waals surface area contributed by atoms with Crippen LogP contribution in [0.1, 0.15) is 22.6 Å². The van der Waals surface area contributed by atoms with E-state index in [0.717, 1.165) is 22.6 Å². The van der Waals surface area contributed by atoms with E-state index in [2.05, 4.69) is 11.4 Å². The molecule has 0 unspecified atom stereocenters. The molecule has 0 spiro atoms. The van der Waals surface area contributed by atoms with E-state index < -0.39 is 0 Å². The van der Waals surface area contributed by atoms with E-state index in [0.29, 0.717) is 5.76 Å². The first-order chi connectivity index (χ1) is 9.02. The van der Waals surface area contributed by atoms with Gasteiger partial charge in [0.15, 0.2) is 0 Å². The first-order valence-corrected chi connectivity index (χ1v) is 6.17. The molecule has 1 heterocycles. The Morgan fingerprint density at radius 2 is 1.79 bits per heavy atom. The molecular formula is C16H17NO2. The summed E-state index contributed by atoms with van der Waals surface area (Å²) in [5.41, 5.74) is 3.06. The van der Waals surface area contributed by atoms with Gasteiger partial charge in [-0.1, -0.05) is 6.07 Å². The highest BCUT2D eigenvalue weighted by Crippen LogP contribution is 2.14. The standard InChI is InChI=1S/C16H17NO2/c1-11-8-12(2)10-14(9-11)17-16(18)7-6-15-5-4-13(3)19-15/h4-10H,1-3H3,(H,17,18)/b7-6+. The van der Waals surface area contributed by atoms with Crippen LogP contribution in [-0.4, -0.2) is 5.91 Å². The van der Waals surface area contributed by atoms with Gasteiger partial charge < -0.3 is 9.73 Å². The van der Waals surface area contributed by atoms with E-state index in [-0.39, 0.29) is 5.91 Å². The predicted octanol–water partition coefficient (Wildman–Crippen LogP) is 3.86. The molecule has 0 atom stereocenters. The lowest BCUT2D eigenvalue weighted by Gasteiger charge is -2.05. The summed E-state index contributed by atoms with van der Waals surface area (Å²) in [6, 6.07) is 9.64. The van der Waals surface area contributed by atoms with Crippen LogP contribution in [-0.2, 0) is 4.79 Å². The van der Waals surface area contributed by atoms with Crippen molar-refractivity contribution in [2.75, 3.05) is 5.32 Å². The summed E-state index contributed by atoms with van der Waals surface area (Å²) in [5.74, 6) is 1.33. The second-order valence-corrected chi connectivity index (χ2v) is 4.65. The molecule has 98 valence electrons. The minimum Gasteiger partial charge on any atom is -0.462 e. The number of amides is 1. The van der Waals surface area contributed by atoms with E-state index in [9.17, 15) is 4.79 Å². The van der Waals surface area contributed by atoms with Crippen molar-refractivity contribution in [3.05, 3.63) is 59.1 Å². The average Bonchev–Trinajstić information content (AvgIpc) is 2.71. The van der Waals surface area contributed by atoms with Gasteiger partial charge >= 0.3 is 0 Å². The first kappa shape index (κ1) is 13.1. The Bertz CT molecular complexity index is 603. The molecule has 1 N–H and O–H groups in total. The van der Waals surface area contributed by atoms with E-state index in [4.69, 9.17) is 4.42 Å². The predicted molar refractivity (Wildman–Crippen MR) is 77.0 cm³/mol. The molecular weight excluding hydrogens is 238 g/mol. The van der Waals surface area contributed by atoms with Gasteiger partial charge in [-0.3, -0.25) is 4.79 Å². The summed E-state index contributed by atoms with van der Waals surface area (Å²) in [7, 11) is 0. The molecule has 0 aliphatic heterocycles. The Morgan fingerprint density at radius 1 is 1.11 bits per heavy atom. The highest BCUT2D eigenvalue weighted by molar-refractivity contribution is 6.01. The molecule has 0 bridgehead atoms. The van der Waals surface area contributed by atoms with E-state index >= 15 is 0 Å². The van der Waals surface area contributed by atoms with Gasteiger partial charge in [0.2, 0.25) is 5.91 Å².